The van der Waals surface area contributed by atoms with Gasteiger partial charge < -0.3 is 9.80 Å². The number of piperazine rings is 1. The zero-order valence-corrected chi connectivity index (χ0v) is 17.0. The summed E-state index contributed by atoms with van der Waals surface area (Å²) in [7, 11) is 0. The number of anilines is 1. The van der Waals surface area contributed by atoms with Crippen molar-refractivity contribution < 1.29 is 26.7 Å². The topological polar surface area (TPSA) is 35.6 Å². The zero-order valence-electron chi connectivity index (χ0n) is 16.2. The Morgan fingerprint density at radius 2 is 1.30 bits per heavy atom. The molecule has 2 aromatic rings. The number of nitrogens with one attached hydrogen (secondary N) is 1. The molecule has 10 heteroatoms. The summed E-state index contributed by atoms with van der Waals surface area (Å²) in [4.78, 5) is 15.1. The van der Waals surface area contributed by atoms with Crippen LogP contribution in [0.25, 0.3) is 0 Å². The van der Waals surface area contributed by atoms with Gasteiger partial charge in [0, 0.05) is 31.7 Å². The number of nitrogens with zero attached hydrogens (tertiary/aromatic N) is 2. The van der Waals surface area contributed by atoms with Crippen LogP contribution in [0.2, 0.25) is 0 Å². The van der Waals surface area contributed by atoms with Crippen LogP contribution in [0.15, 0.2) is 18.2 Å². The summed E-state index contributed by atoms with van der Waals surface area (Å²) in [5, 5.41) is 2.73. The number of halogens is 5. The minimum absolute atomic E-state index is 0.0437. The molecule has 160 valence electrons. The van der Waals surface area contributed by atoms with Gasteiger partial charge >= 0.3 is 0 Å². The monoisotopic (exact) mass is 443 g/mol. The lowest BCUT2D eigenvalue weighted by molar-refractivity contribution is 0.0973. The third kappa shape index (κ3) is 4.23. The van der Waals surface area contributed by atoms with Crippen LogP contribution in [0.4, 0.5) is 27.6 Å². The van der Waals surface area contributed by atoms with Gasteiger partial charge in [0.25, 0.3) is 5.91 Å². The summed E-state index contributed by atoms with van der Waals surface area (Å²) in [5.74, 6) is -10.3. The Balaban J connectivity index is 1.67. The van der Waals surface area contributed by atoms with E-state index in [4.69, 9.17) is 12.2 Å². The third-order valence-corrected chi connectivity index (χ3v) is 5.13. The Hall–Kier alpha value is -2.75. The van der Waals surface area contributed by atoms with Crippen molar-refractivity contribution in [3.05, 3.63) is 64.0 Å². The lowest BCUT2D eigenvalue weighted by Crippen LogP contribution is -2.53. The molecule has 30 heavy (non-hydrogen) atoms. The number of amides is 1. The smallest absolute Gasteiger partial charge is 0.257 e. The van der Waals surface area contributed by atoms with Gasteiger partial charge in [0.05, 0.1) is 0 Å². The van der Waals surface area contributed by atoms with Gasteiger partial charge in [-0.15, -0.1) is 0 Å². The quantitative estimate of drug-likeness (QED) is 0.331. The number of carbonyl (C=O) groups is 1. The van der Waals surface area contributed by atoms with Gasteiger partial charge in [-0.2, -0.15) is 0 Å². The van der Waals surface area contributed by atoms with E-state index in [9.17, 15) is 26.7 Å². The Kier molecular flexibility index (Phi) is 6.25. The molecule has 0 radical (unpaired) electrons. The summed E-state index contributed by atoms with van der Waals surface area (Å²) in [6.45, 7) is 3.90. The molecule has 0 unspecified atom stereocenters. The van der Waals surface area contributed by atoms with Crippen molar-refractivity contribution in [2.24, 2.45) is 0 Å². The predicted octanol–water partition coefficient (Wildman–Crippen LogP) is 3.84. The molecule has 0 saturated carbocycles. The number of hydrogen-bond acceptors (Lipinski definition) is 3. The molecule has 1 saturated heterocycles. The predicted molar refractivity (Wildman–Crippen MR) is 106 cm³/mol. The maximum absolute atomic E-state index is 14.0. The lowest BCUT2D eigenvalue weighted by atomic mass is 10.1. The van der Waals surface area contributed by atoms with E-state index in [-0.39, 0.29) is 31.3 Å². The summed E-state index contributed by atoms with van der Waals surface area (Å²) in [5.41, 5.74) is 1.32. The van der Waals surface area contributed by atoms with Crippen LogP contribution in [0.5, 0.6) is 0 Å². The Morgan fingerprint density at radius 3 is 1.80 bits per heavy atom. The maximum atomic E-state index is 14.0. The van der Waals surface area contributed by atoms with Crippen LogP contribution in [-0.2, 0) is 0 Å². The first-order valence-corrected chi connectivity index (χ1v) is 9.46. The SMILES string of the molecule is Cc1cc(C)cc(C(=O)NC(=S)N2CCN(c3c(F)c(F)c(F)c(F)c3F)CC2)c1. The maximum Gasteiger partial charge on any atom is 0.257 e. The fraction of sp³-hybridized carbons (Fsp3) is 0.300. The van der Waals surface area contributed by atoms with Gasteiger partial charge in [-0.25, -0.2) is 22.0 Å². The Bertz CT molecular complexity index is 973. The average molecular weight is 443 g/mol. The molecule has 0 aliphatic carbocycles. The van der Waals surface area contributed by atoms with Crippen molar-refractivity contribution in [2.75, 3.05) is 31.1 Å². The number of carbonyl (C=O) groups excluding carboxylic acids is 1. The number of hydrogen-bond donors (Lipinski definition) is 1. The second-order valence-corrected chi connectivity index (χ2v) is 7.41. The van der Waals surface area contributed by atoms with Gasteiger partial charge in [0.1, 0.15) is 5.69 Å². The molecule has 0 aromatic heterocycles. The molecule has 0 atom stereocenters. The van der Waals surface area contributed by atoms with E-state index in [2.05, 4.69) is 5.32 Å². The first-order chi connectivity index (χ1) is 14.1. The van der Waals surface area contributed by atoms with Crippen LogP contribution in [-0.4, -0.2) is 42.1 Å². The van der Waals surface area contributed by atoms with Crippen molar-refractivity contribution in [1.29, 1.82) is 0 Å². The van der Waals surface area contributed by atoms with Crippen molar-refractivity contribution in [1.82, 2.24) is 10.2 Å². The van der Waals surface area contributed by atoms with E-state index in [1.165, 1.54) is 0 Å². The molecule has 1 aliphatic heterocycles. The first-order valence-electron chi connectivity index (χ1n) is 9.05. The third-order valence-electron chi connectivity index (χ3n) is 4.77. The molecule has 0 bridgehead atoms. The second-order valence-electron chi connectivity index (χ2n) is 7.03. The van der Waals surface area contributed by atoms with E-state index in [1.54, 1.807) is 17.0 Å². The molecule has 1 heterocycles. The lowest BCUT2D eigenvalue weighted by Gasteiger charge is -2.37. The Morgan fingerprint density at radius 1 is 0.833 bits per heavy atom. The van der Waals surface area contributed by atoms with Crippen molar-refractivity contribution in [2.45, 2.75) is 13.8 Å². The van der Waals surface area contributed by atoms with Gasteiger partial charge in [-0.1, -0.05) is 17.2 Å². The highest BCUT2D eigenvalue weighted by atomic mass is 32.1. The molecular weight excluding hydrogens is 425 g/mol. The number of rotatable bonds is 2. The summed E-state index contributed by atoms with van der Waals surface area (Å²) in [6.07, 6.45) is 0. The minimum atomic E-state index is -2.19. The van der Waals surface area contributed by atoms with Gasteiger partial charge in [-0.3, -0.25) is 10.1 Å². The Labute approximate surface area is 175 Å². The molecule has 3 rings (SSSR count). The fourth-order valence-electron chi connectivity index (χ4n) is 3.36. The van der Waals surface area contributed by atoms with E-state index < -0.39 is 40.7 Å². The molecule has 1 aliphatic rings. The van der Waals surface area contributed by atoms with Crippen LogP contribution in [0.3, 0.4) is 0 Å². The largest absolute Gasteiger partial charge is 0.363 e. The van der Waals surface area contributed by atoms with Gasteiger partial charge in [-0.05, 0) is 38.2 Å². The highest BCUT2D eigenvalue weighted by Gasteiger charge is 2.31. The summed E-state index contributed by atoms with van der Waals surface area (Å²) >= 11 is 5.24. The van der Waals surface area contributed by atoms with Crippen LogP contribution in [0.1, 0.15) is 21.5 Å². The number of thiocarbonyl (C=S) groups is 1. The highest BCUT2D eigenvalue weighted by molar-refractivity contribution is 7.80. The van der Waals surface area contributed by atoms with Crippen LogP contribution < -0.4 is 10.2 Å². The molecule has 0 spiro atoms. The van der Waals surface area contributed by atoms with Crippen molar-refractivity contribution >= 4 is 28.9 Å². The molecule has 2 aromatic carbocycles. The molecule has 1 fully saturated rings. The number of aryl methyl sites for hydroxylation is 2. The summed E-state index contributed by atoms with van der Waals surface area (Å²) in [6, 6.07) is 5.35. The molecular formula is C20H18F5N3OS. The minimum Gasteiger partial charge on any atom is -0.363 e. The van der Waals surface area contributed by atoms with Gasteiger partial charge in [0.2, 0.25) is 5.82 Å². The van der Waals surface area contributed by atoms with Crippen molar-refractivity contribution in [3.8, 4) is 0 Å². The van der Waals surface area contributed by atoms with Crippen molar-refractivity contribution in [3.63, 3.8) is 0 Å². The highest BCUT2D eigenvalue weighted by Crippen LogP contribution is 2.30. The summed E-state index contributed by atoms with van der Waals surface area (Å²) < 4.78 is 68.2. The van der Waals surface area contributed by atoms with Crippen LogP contribution >= 0.6 is 12.2 Å². The number of benzene rings is 2. The fourth-order valence-corrected chi connectivity index (χ4v) is 3.63. The first kappa shape index (κ1) is 21.9. The average Bonchev–Trinajstić information content (AvgIpc) is 2.70. The van der Waals surface area contributed by atoms with E-state index in [1.807, 2.05) is 19.9 Å². The van der Waals surface area contributed by atoms with E-state index >= 15 is 0 Å². The normalized spacial score (nSPS) is 14.1. The standard InChI is InChI=1S/C20H18F5N3OS/c1-10-7-11(2)9-12(8-10)19(29)26-20(30)28-5-3-27(4-6-28)18-16(24)14(22)13(21)15(23)17(18)25/h7-9H,3-6H2,1-2H3,(H,26,29,30). The van der Waals surface area contributed by atoms with Crippen LogP contribution in [0, 0.1) is 42.9 Å². The zero-order chi connectivity index (χ0) is 22.2. The molecule has 1 amide bonds. The van der Waals surface area contributed by atoms with E-state index in [0.717, 1.165) is 16.0 Å². The molecule has 4 nitrogen and oxygen atoms in total. The van der Waals surface area contributed by atoms with Gasteiger partial charge in [0.15, 0.2) is 28.4 Å². The van der Waals surface area contributed by atoms with E-state index in [0.29, 0.717) is 5.56 Å². The molecule has 1 N–H and O–H groups in total. The second kappa shape index (κ2) is 8.55.